The summed E-state index contributed by atoms with van der Waals surface area (Å²) in [5, 5.41) is 0. The molecule has 0 spiro atoms. The number of ether oxygens (including phenoxy) is 4. The zero-order valence-electron chi connectivity index (χ0n) is 22.3. The molecule has 0 heterocycles. The standard InChI is InChI=1S/C26H58O4Si2/c1-5-9-17-27-25(28-18-10-6-2)15-13-21-31-23-24-32-22-14-16-26(29-19-11-7-3)30-20-12-8-4/h25-26H,5-24,31-32H2,1-4H3. The molecule has 0 aromatic carbocycles. The summed E-state index contributed by atoms with van der Waals surface area (Å²) < 4.78 is 23.8. The highest BCUT2D eigenvalue weighted by atomic mass is 28.2. The number of hydrogen-bond donors (Lipinski definition) is 0. The average molecular weight is 491 g/mol. The van der Waals surface area contributed by atoms with Gasteiger partial charge in [0.15, 0.2) is 12.6 Å². The second-order valence-corrected chi connectivity index (χ2v) is 13.4. The molecule has 0 aliphatic rings. The molecule has 0 atom stereocenters. The van der Waals surface area contributed by atoms with Gasteiger partial charge in [-0.3, -0.25) is 0 Å². The van der Waals surface area contributed by atoms with E-state index in [4.69, 9.17) is 18.9 Å². The van der Waals surface area contributed by atoms with Crippen LogP contribution in [0.15, 0.2) is 0 Å². The lowest BCUT2D eigenvalue weighted by Gasteiger charge is -2.18. The third-order valence-corrected chi connectivity index (χ3v) is 10.8. The molecule has 0 rings (SSSR count). The fourth-order valence-corrected chi connectivity index (χ4v) is 8.37. The van der Waals surface area contributed by atoms with Crippen molar-refractivity contribution in [3.05, 3.63) is 0 Å². The first kappa shape index (κ1) is 32.3. The van der Waals surface area contributed by atoms with Gasteiger partial charge in [-0.05, 0) is 38.5 Å². The van der Waals surface area contributed by atoms with Gasteiger partial charge in [0.05, 0.1) is 0 Å². The highest BCUT2D eigenvalue weighted by Crippen LogP contribution is 2.12. The number of hydrogen-bond acceptors (Lipinski definition) is 4. The van der Waals surface area contributed by atoms with Crippen LogP contribution >= 0.6 is 0 Å². The van der Waals surface area contributed by atoms with Gasteiger partial charge in [-0.2, -0.15) is 0 Å². The minimum Gasteiger partial charge on any atom is -0.353 e. The average Bonchev–Trinajstić information content (AvgIpc) is 2.80. The maximum absolute atomic E-state index is 5.96. The summed E-state index contributed by atoms with van der Waals surface area (Å²) in [7, 11) is 0.235. The van der Waals surface area contributed by atoms with Crippen LogP contribution in [-0.2, 0) is 18.9 Å². The largest absolute Gasteiger partial charge is 0.353 e. The number of rotatable bonds is 27. The topological polar surface area (TPSA) is 36.9 Å². The minimum absolute atomic E-state index is 0.0449. The molecule has 0 fully saturated rings. The summed E-state index contributed by atoms with van der Waals surface area (Å²) in [5.41, 5.74) is 0. The van der Waals surface area contributed by atoms with E-state index in [9.17, 15) is 0 Å². The summed E-state index contributed by atoms with van der Waals surface area (Å²) in [5.74, 6) is 0. The highest BCUT2D eigenvalue weighted by Gasteiger charge is 2.10. The molecule has 6 heteroatoms. The lowest BCUT2D eigenvalue weighted by atomic mass is 10.3. The minimum atomic E-state index is 0.0449. The van der Waals surface area contributed by atoms with Crippen LogP contribution in [0.1, 0.15) is 105 Å². The zero-order chi connectivity index (χ0) is 23.5. The Labute approximate surface area is 205 Å². The van der Waals surface area contributed by atoms with Crippen LogP contribution in [0.2, 0.25) is 24.2 Å². The first-order valence-corrected chi connectivity index (χ1v) is 18.2. The van der Waals surface area contributed by atoms with Crippen molar-refractivity contribution in [2.24, 2.45) is 0 Å². The van der Waals surface area contributed by atoms with E-state index >= 15 is 0 Å². The highest BCUT2D eigenvalue weighted by molar-refractivity contribution is 6.42. The third kappa shape index (κ3) is 23.4. The molecule has 0 radical (unpaired) electrons. The van der Waals surface area contributed by atoms with Gasteiger partial charge in [0, 0.05) is 45.5 Å². The number of unbranched alkanes of at least 4 members (excludes halogenated alkanes) is 4. The monoisotopic (exact) mass is 490 g/mol. The molecule has 0 unspecified atom stereocenters. The van der Waals surface area contributed by atoms with Gasteiger partial charge in [0.2, 0.25) is 0 Å². The Morgan fingerprint density at radius 3 is 1.03 bits per heavy atom. The van der Waals surface area contributed by atoms with Gasteiger partial charge >= 0.3 is 0 Å². The van der Waals surface area contributed by atoms with Gasteiger partial charge in [0.1, 0.15) is 0 Å². The van der Waals surface area contributed by atoms with Crippen molar-refractivity contribution >= 4 is 19.0 Å². The fourth-order valence-electron chi connectivity index (χ4n) is 3.55. The van der Waals surface area contributed by atoms with Crippen LogP contribution in [0.4, 0.5) is 0 Å². The quantitative estimate of drug-likeness (QED) is 0.0750. The van der Waals surface area contributed by atoms with Crippen molar-refractivity contribution in [1.82, 2.24) is 0 Å². The molecule has 194 valence electrons. The van der Waals surface area contributed by atoms with Crippen molar-refractivity contribution < 1.29 is 18.9 Å². The SMILES string of the molecule is CCCCOC(CCC[SiH2]CC[SiH2]CCCC(OCCCC)OCCCC)OCCCC. The van der Waals surface area contributed by atoms with E-state index in [1.165, 1.54) is 50.6 Å². The molecule has 0 bridgehead atoms. The summed E-state index contributed by atoms with van der Waals surface area (Å²) >= 11 is 0. The van der Waals surface area contributed by atoms with Crippen LogP contribution in [0.5, 0.6) is 0 Å². The lowest BCUT2D eigenvalue weighted by molar-refractivity contribution is -0.147. The molecule has 0 saturated carbocycles. The molecule has 32 heavy (non-hydrogen) atoms. The van der Waals surface area contributed by atoms with Crippen molar-refractivity contribution in [2.45, 2.75) is 142 Å². The van der Waals surface area contributed by atoms with Gasteiger partial charge < -0.3 is 18.9 Å². The molecule has 0 aliphatic heterocycles. The zero-order valence-corrected chi connectivity index (χ0v) is 25.2. The summed E-state index contributed by atoms with van der Waals surface area (Å²) in [4.78, 5) is 0. The van der Waals surface area contributed by atoms with E-state index in [1.807, 2.05) is 0 Å². The summed E-state index contributed by atoms with van der Waals surface area (Å²) in [6, 6.07) is 6.01. The Bertz CT molecular complexity index is 296. The Morgan fingerprint density at radius 1 is 0.438 bits per heavy atom. The van der Waals surface area contributed by atoms with E-state index < -0.39 is 0 Å². The van der Waals surface area contributed by atoms with E-state index in [2.05, 4.69) is 27.7 Å². The normalized spacial score (nSPS) is 12.6. The summed E-state index contributed by atoms with van der Waals surface area (Å²) in [6.45, 7) is 12.3. The first-order valence-electron chi connectivity index (χ1n) is 14.2. The van der Waals surface area contributed by atoms with Gasteiger partial charge in [-0.1, -0.05) is 90.4 Å². The third-order valence-electron chi connectivity index (χ3n) is 5.84. The molecule has 0 aromatic rings. The molecule has 0 aliphatic carbocycles. The predicted molar refractivity (Wildman–Crippen MR) is 146 cm³/mol. The van der Waals surface area contributed by atoms with Crippen LogP contribution in [0.25, 0.3) is 0 Å². The van der Waals surface area contributed by atoms with Crippen LogP contribution in [0, 0.1) is 0 Å². The predicted octanol–water partition coefficient (Wildman–Crippen LogP) is 6.48. The van der Waals surface area contributed by atoms with E-state index in [1.54, 1.807) is 12.1 Å². The van der Waals surface area contributed by atoms with Crippen LogP contribution < -0.4 is 0 Å². The van der Waals surface area contributed by atoms with Crippen molar-refractivity contribution in [1.29, 1.82) is 0 Å². The van der Waals surface area contributed by atoms with Crippen molar-refractivity contribution in [3.8, 4) is 0 Å². The van der Waals surface area contributed by atoms with E-state index in [0.29, 0.717) is 0 Å². The Balaban J connectivity index is 3.70. The van der Waals surface area contributed by atoms with E-state index in [-0.39, 0.29) is 31.6 Å². The second-order valence-electron chi connectivity index (χ2n) is 9.16. The molecule has 0 aromatic heterocycles. The first-order chi connectivity index (χ1) is 15.8. The molecular weight excluding hydrogens is 432 g/mol. The Kier molecular flexibility index (Phi) is 27.8. The maximum atomic E-state index is 5.96. The molecule has 0 amide bonds. The Hall–Kier alpha value is 0.274. The van der Waals surface area contributed by atoms with Gasteiger partial charge in [-0.15, -0.1) is 0 Å². The van der Waals surface area contributed by atoms with Gasteiger partial charge in [-0.25, -0.2) is 0 Å². The molecule has 0 saturated heterocycles. The van der Waals surface area contributed by atoms with Crippen molar-refractivity contribution in [3.63, 3.8) is 0 Å². The van der Waals surface area contributed by atoms with E-state index in [0.717, 1.165) is 65.0 Å². The molecule has 0 N–H and O–H groups in total. The molecule has 4 nitrogen and oxygen atoms in total. The fraction of sp³-hybridized carbons (Fsp3) is 1.00. The second kappa shape index (κ2) is 27.5. The lowest BCUT2D eigenvalue weighted by Crippen LogP contribution is -2.19. The Morgan fingerprint density at radius 2 is 0.750 bits per heavy atom. The van der Waals surface area contributed by atoms with Gasteiger partial charge in [0.25, 0.3) is 0 Å². The molecular formula is C26H58O4Si2. The van der Waals surface area contributed by atoms with Crippen LogP contribution in [0.3, 0.4) is 0 Å². The van der Waals surface area contributed by atoms with Crippen LogP contribution in [-0.4, -0.2) is 58.0 Å². The summed E-state index contributed by atoms with van der Waals surface area (Å²) in [6.07, 6.45) is 14.2. The smallest absolute Gasteiger partial charge is 0.157 e. The maximum Gasteiger partial charge on any atom is 0.157 e. The van der Waals surface area contributed by atoms with Crippen molar-refractivity contribution in [2.75, 3.05) is 26.4 Å².